The number of nitrogens with two attached hydrogens (primary N) is 1. The summed E-state index contributed by atoms with van der Waals surface area (Å²) in [5, 5.41) is 0. The van der Waals surface area contributed by atoms with Crippen LogP contribution in [0.2, 0.25) is 0 Å². The summed E-state index contributed by atoms with van der Waals surface area (Å²) >= 11 is 0. The maximum Gasteiger partial charge on any atom is 0.119 e. The minimum atomic E-state index is -0.570. The van der Waals surface area contributed by atoms with Gasteiger partial charge in [-0.05, 0) is 49.2 Å². The third kappa shape index (κ3) is 2.94. The molecular formula is C17H21NO2. The third-order valence-corrected chi connectivity index (χ3v) is 3.43. The zero-order chi connectivity index (χ0) is 14.6. The Kier molecular flexibility index (Phi) is 4.30. The first-order valence-electron chi connectivity index (χ1n) is 6.74. The Labute approximate surface area is 120 Å². The normalized spacial score (nSPS) is 13.6. The van der Waals surface area contributed by atoms with E-state index < -0.39 is 5.54 Å². The molecule has 1 unspecified atom stereocenters. The van der Waals surface area contributed by atoms with Crippen molar-refractivity contribution in [3.05, 3.63) is 59.7 Å². The maximum atomic E-state index is 6.52. The monoisotopic (exact) mass is 271 g/mol. The van der Waals surface area contributed by atoms with Gasteiger partial charge < -0.3 is 15.2 Å². The summed E-state index contributed by atoms with van der Waals surface area (Å²) in [6.07, 6.45) is 0. The van der Waals surface area contributed by atoms with Crippen molar-refractivity contribution in [2.45, 2.75) is 19.4 Å². The van der Waals surface area contributed by atoms with Crippen molar-refractivity contribution < 1.29 is 9.47 Å². The first-order chi connectivity index (χ1) is 9.57. The highest BCUT2D eigenvalue weighted by Crippen LogP contribution is 2.30. The molecular weight excluding hydrogens is 250 g/mol. The Bertz CT molecular complexity index is 561. The smallest absolute Gasteiger partial charge is 0.119 e. The molecule has 3 heteroatoms. The van der Waals surface area contributed by atoms with Crippen LogP contribution < -0.4 is 15.2 Å². The molecule has 0 radical (unpaired) electrons. The van der Waals surface area contributed by atoms with Crippen LogP contribution in [-0.2, 0) is 5.54 Å². The average Bonchev–Trinajstić information content (AvgIpc) is 2.48. The summed E-state index contributed by atoms with van der Waals surface area (Å²) in [7, 11) is 1.65. The molecule has 20 heavy (non-hydrogen) atoms. The van der Waals surface area contributed by atoms with Gasteiger partial charge in [0.25, 0.3) is 0 Å². The molecule has 0 saturated carbocycles. The fraction of sp³-hybridized carbons (Fsp3) is 0.294. The van der Waals surface area contributed by atoms with Crippen LogP contribution in [0.3, 0.4) is 0 Å². The van der Waals surface area contributed by atoms with Crippen LogP contribution in [0, 0.1) is 0 Å². The molecule has 106 valence electrons. The highest BCUT2D eigenvalue weighted by molar-refractivity contribution is 5.42. The van der Waals surface area contributed by atoms with Crippen LogP contribution in [0.1, 0.15) is 25.0 Å². The highest BCUT2D eigenvalue weighted by Gasteiger charge is 2.24. The van der Waals surface area contributed by atoms with E-state index in [0.717, 1.165) is 22.6 Å². The number of benzene rings is 2. The van der Waals surface area contributed by atoms with Gasteiger partial charge in [0.1, 0.15) is 11.5 Å². The summed E-state index contributed by atoms with van der Waals surface area (Å²) in [6.45, 7) is 4.62. The standard InChI is InChI=1S/C17H21NO2/c1-4-20-16-7-5-6-14(12-16)17(2,18)13-8-10-15(19-3)11-9-13/h5-12H,4,18H2,1-3H3. The molecule has 2 N–H and O–H groups in total. The van der Waals surface area contributed by atoms with Gasteiger partial charge in [0, 0.05) is 0 Å². The second-order valence-electron chi connectivity index (χ2n) is 4.89. The number of rotatable bonds is 5. The summed E-state index contributed by atoms with van der Waals surface area (Å²) in [5.41, 5.74) is 8.01. The Morgan fingerprint density at radius 3 is 2.30 bits per heavy atom. The van der Waals surface area contributed by atoms with Gasteiger partial charge in [-0.2, -0.15) is 0 Å². The van der Waals surface area contributed by atoms with Gasteiger partial charge >= 0.3 is 0 Å². The van der Waals surface area contributed by atoms with Crippen LogP contribution in [0.15, 0.2) is 48.5 Å². The zero-order valence-electron chi connectivity index (χ0n) is 12.2. The predicted molar refractivity (Wildman–Crippen MR) is 81.2 cm³/mol. The van der Waals surface area contributed by atoms with E-state index in [4.69, 9.17) is 15.2 Å². The lowest BCUT2D eigenvalue weighted by Crippen LogP contribution is -2.34. The van der Waals surface area contributed by atoms with Crippen molar-refractivity contribution >= 4 is 0 Å². The lowest BCUT2D eigenvalue weighted by molar-refractivity contribution is 0.339. The second kappa shape index (κ2) is 5.97. The van der Waals surface area contributed by atoms with Crippen LogP contribution >= 0.6 is 0 Å². The van der Waals surface area contributed by atoms with Crippen LogP contribution in [0.4, 0.5) is 0 Å². The van der Waals surface area contributed by atoms with Gasteiger partial charge in [-0.1, -0.05) is 24.3 Å². The van der Waals surface area contributed by atoms with Gasteiger partial charge in [-0.25, -0.2) is 0 Å². The number of hydrogen-bond donors (Lipinski definition) is 1. The van der Waals surface area contributed by atoms with Gasteiger partial charge in [0.05, 0.1) is 19.3 Å². The molecule has 0 aliphatic rings. The van der Waals surface area contributed by atoms with E-state index in [0.29, 0.717) is 6.61 Å². The molecule has 3 nitrogen and oxygen atoms in total. The molecule has 0 bridgehead atoms. The molecule has 0 fully saturated rings. The van der Waals surface area contributed by atoms with E-state index in [9.17, 15) is 0 Å². The summed E-state index contributed by atoms with van der Waals surface area (Å²) < 4.78 is 10.7. The third-order valence-electron chi connectivity index (χ3n) is 3.43. The molecule has 0 saturated heterocycles. The van der Waals surface area contributed by atoms with Crippen molar-refractivity contribution in [1.29, 1.82) is 0 Å². The number of methoxy groups -OCH3 is 1. The van der Waals surface area contributed by atoms with Gasteiger partial charge in [0.15, 0.2) is 0 Å². The quantitative estimate of drug-likeness (QED) is 0.907. The number of hydrogen-bond acceptors (Lipinski definition) is 3. The molecule has 1 atom stereocenters. The highest BCUT2D eigenvalue weighted by atomic mass is 16.5. The van der Waals surface area contributed by atoms with E-state index in [1.54, 1.807) is 7.11 Å². The largest absolute Gasteiger partial charge is 0.497 e. The molecule has 0 spiro atoms. The molecule has 0 aliphatic carbocycles. The van der Waals surface area contributed by atoms with E-state index >= 15 is 0 Å². The summed E-state index contributed by atoms with van der Waals surface area (Å²) in [5.74, 6) is 1.67. The van der Waals surface area contributed by atoms with Crippen molar-refractivity contribution in [3.8, 4) is 11.5 Å². The van der Waals surface area contributed by atoms with Crippen LogP contribution in [0.25, 0.3) is 0 Å². The minimum absolute atomic E-state index is 0.570. The van der Waals surface area contributed by atoms with E-state index in [1.165, 1.54) is 0 Å². The molecule has 0 aromatic heterocycles. The van der Waals surface area contributed by atoms with Crippen molar-refractivity contribution in [2.75, 3.05) is 13.7 Å². The minimum Gasteiger partial charge on any atom is -0.497 e. The number of ether oxygens (including phenoxy) is 2. The Morgan fingerprint density at radius 1 is 1.00 bits per heavy atom. The first kappa shape index (κ1) is 14.4. The van der Waals surface area contributed by atoms with Crippen LogP contribution in [0.5, 0.6) is 11.5 Å². The van der Waals surface area contributed by atoms with Crippen molar-refractivity contribution in [1.82, 2.24) is 0 Å². The van der Waals surface area contributed by atoms with Gasteiger partial charge in [-0.3, -0.25) is 0 Å². The van der Waals surface area contributed by atoms with Gasteiger partial charge in [0.2, 0.25) is 0 Å². The molecule has 0 amide bonds. The van der Waals surface area contributed by atoms with E-state index in [1.807, 2.05) is 62.4 Å². The SMILES string of the molecule is CCOc1cccc(C(C)(N)c2ccc(OC)cc2)c1. The van der Waals surface area contributed by atoms with Crippen LogP contribution in [-0.4, -0.2) is 13.7 Å². The Balaban J connectivity index is 2.34. The topological polar surface area (TPSA) is 44.5 Å². The molecule has 2 aromatic rings. The maximum absolute atomic E-state index is 6.52. The second-order valence-corrected chi connectivity index (χ2v) is 4.89. The zero-order valence-corrected chi connectivity index (χ0v) is 12.2. The Hall–Kier alpha value is -2.00. The molecule has 0 heterocycles. The summed E-state index contributed by atoms with van der Waals surface area (Å²) in [4.78, 5) is 0. The summed E-state index contributed by atoms with van der Waals surface area (Å²) in [6, 6.07) is 15.8. The fourth-order valence-corrected chi connectivity index (χ4v) is 2.18. The van der Waals surface area contributed by atoms with E-state index in [2.05, 4.69) is 0 Å². The van der Waals surface area contributed by atoms with Crippen molar-refractivity contribution in [3.63, 3.8) is 0 Å². The Morgan fingerprint density at radius 2 is 1.70 bits per heavy atom. The predicted octanol–water partition coefficient (Wildman–Crippen LogP) is 3.32. The fourth-order valence-electron chi connectivity index (χ4n) is 2.18. The lowest BCUT2D eigenvalue weighted by Gasteiger charge is -2.26. The lowest BCUT2D eigenvalue weighted by atomic mass is 9.85. The molecule has 2 aromatic carbocycles. The average molecular weight is 271 g/mol. The van der Waals surface area contributed by atoms with Crippen molar-refractivity contribution in [2.24, 2.45) is 5.73 Å². The molecule has 0 aliphatic heterocycles. The first-order valence-corrected chi connectivity index (χ1v) is 6.74. The molecule has 2 rings (SSSR count). The van der Waals surface area contributed by atoms with Gasteiger partial charge in [-0.15, -0.1) is 0 Å². The van der Waals surface area contributed by atoms with E-state index in [-0.39, 0.29) is 0 Å².